The molecule has 0 saturated carbocycles. The quantitative estimate of drug-likeness (QED) is 0.834. The van der Waals surface area contributed by atoms with Gasteiger partial charge in [-0.15, -0.1) is 5.10 Å². The van der Waals surface area contributed by atoms with Crippen molar-refractivity contribution in [3.05, 3.63) is 17.0 Å². The van der Waals surface area contributed by atoms with Gasteiger partial charge in [-0.3, -0.25) is 4.79 Å². The molecule has 0 spiro atoms. The van der Waals surface area contributed by atoms with E-state index in [0.29, 0.717) is 23.1 Å². The zero-order chi connectivity index (χ0) is 13.3. The number of aromatic nitrogens is 4. The smallest absolute Gasteiger partial charge is 0.253 e. The molecule has 0 aliphatic carbocycles. The molecule has 7 heteroatoms. The van der Waals surface area contributed by atoms with Crippen molar-refractivity contribution in [2.24, 2.45) is 5.73 Å². The molecule has 1 amide bonds. The first-order valence-corrected chi connectivity index (χ1v) is 6.59. The van der Waals surface area contributed by atoms with Crippen molar-refractivity contribution in [1.82, 2.24) is 19.6 Å². The van der Waals surface area contributed by atoms with Gasteiger partial charge in [0.05, 0.1) is 0 Å². The Labute approximate surface area is 109 Å². The highest BCUT2D eigenvalue weighted by Crippen LogP contribution is 2.17. The molecule has 6 nitrogen and oxygen atoms in total. The minimum absolute atomic E-state index is 0.313. The fraction of sp³-hybridized carbons (Fsp3) is 0.455. The highest BCUT2D eigenvalue weighted by atomic mass is 32.2. The van der Waals surface area contributed by atoms with Gasteiger partial charge in [-0.05, 0) is 26.3 Å². The van der Waals surface area contributed by atoms with Crippen LogP contribution in [0.5, 0.6) is 0 Å². The molecule has 2 aromatic rings. The van der Waals surface area contributed by atoms with Crippen LogP contribution >= 0.6 is 11.8 Å². The molecular weight excluding hydrogens is 250 g/mol. The molecular formula is C11H15N5OS. The van der Waals surface area contributed by atoms with Gasteiger partial charge in [0, 0.05) is 23.6 Å². The lowest BCUT2D eigenvalue weighted by molar-refractivity contribution is -0.117. The van der Waals surface area contributed by atoms with Crippen LogP contribution in [0, 0.1) is 20.8 Å². The number of nitrogens with zero attached hydrogens (tertiary/aromatic N) is 4. The number of nitrogens with two attached hydrogens (primary N) is 1. The van der Waals surface area contributed by atoms with Crippen LogP contribution in [-0.2, 0) is 4.79 Å². The van der Waals surface area contributed by atoms with Crippen molar-refractivity contribution in [1.29, 1.82) is 0 Å². The number of hydrogen-bond acceptors (Lipinski definition) is 5. The van der Waals surface area contributed by atoms with Gasteiger partial charge in [0.25, 0.3) is 5.78 Å². The van der Waals surface area contributed by atoms with Gasteiger partial charge in [0.15, 0.2) is 0 Å². The molecule has 2 heterocycles. The second kappa shape index (κ2) is 4.93. The number of thioether (sulfide) groups is 1. The summed E-state index contributed by atoms with van der Waals surface area (Å²) in [4.78, 5) is 19.4. The van der Waals surface area contributed by atoms with E-state index >= 15 is 0 Å². The zero-order valence-corrected chi connectivity index (χ0v) is 11.4. The first-order valence-electron chi connectivity index (χ1n) is 5.60. The molecule has 0 aromatic carbocycles. The molecule has 0 radical (unpaired) electrons. The van der Waals surface area contributed by atoms with Gasteiger partial charge in [0.1, 0.15) is 0 Å². The number of carbonyl (C=O) groups is 1. The van der Waals surface area contributed by atoms with Crippen LogP contribution in [0.3, 0.4) is 0 Å². The maximum Gasteiger partial charge on any atom is 0.253 e. The summed E-state index contributed by atoms with van der Waals surface area (Å²) in [5.74, 6) is 0.868. The van der Waals surface area contributed by atoms with E-state index in [1.54, 1.807) is 4.52 Å². The van der Waals surface area contributed by atoms with E-state index in [1.807, 2.05) is 20.8 Å². The first-order chi connectivity index (χ1) is 8.49. The molecule has 96 valence electrons. The third kappa shape index (κ3) is 2.45. The third-order valence-corrected chi connectivity index (χ3v) is 3.66. The predicted molar refractivity (Wildman–Crippen MR) is 69.5 cm³/mol. The lowest BCUT2D eigenvalue weighted by Crippen LogP contribution is -2.10. The molecule has 2 N–H and O–H groups in total. The van der Waals surface area contributed by atoms with Gasteiger partial charge < -0.3 is 5.73 Å². The molecule has 2 aromatic heterocycles. The van der Waals surface area contributed by atoms with Crippen LogP contribution in [0.25, 0.3) is 5.78 Å². The number of carbonyl (C=O) groups excluding carboxylic acids is 1. The highest BCUT2D eigenvalue weighted by molar-refractivity contribution is 7.99. The van der Waals surface area contributed by atoms with Crippen molar-refractivity contribution in [2.45, 2.75) is 32.3 Å². The van der Waals surface area contributed by atoms with Crippen molar-refractivity contribution in [2.75, 3.05) is 5.75 Å². The topological polar surface area (TPSA) is 86.2 Å². The van der Waals surface area contributed by atoms with Gasteiger partial charge in [-0.25, -0.2) is 9.50 Å². The molecule has 2 rings (SSSR count). The molecule has 0 atom stereocenters. The van der Waals surface area contributed by atoms with Gasteiger partial charge in [-0.2, -0.15) is 4.98 Å². The number of rotatable bonds is 4. The molecule has 0 saturated heterocycles. The van der Waals surface area contributed by atoms with Crippen LogP contribution in [0.4, 0.5) is 0 Å². The van der Waals surface area contributed by atoms with E-state index in [9.17, 15) is 4.79 Å². The van der Waals surface area contributed by atoms with Crippen molar-refractivity contribution in [3.8, 4) is 0 Å². The average Bonchev–Trinajstić information content (AvgIpc) is 2.69. The summed E-state index contributed by atoms with van der Waals surface area (Å²) in [6.45, 7) is 5.96. The Morgan fingerprint density at radius 1 is 1.33 bits per heavy atom. The van der Waals surface area contributed by atoms with E-state index in [-0.39, 0.29) is 5.91 Å². The first kappa shape index (κ1) is 12.8. The monoisotopic (exact) mass is 265 g/mol. The van der Waals surface area contributed by atoms with Crippen LogP contribution < -0.4 is 5.73 Å². The fourth-order valence-corrected chi connectivity index (χ4v) is 2.31. The standard InChI is InChI=1S/C11H15N5OS/c1-6-7(2)13-10-14-11(15-16(10)8(6)3)18-5-4-9(12)17/h4-5H2,1-3H3,(H2,12,17). The fourth-order valence-electron chi connectivity index (χ4n) is 1.54. The normalized spacial score (nSPS) is 11.1. The summed E-state index contributed by atoms with van der Waals surface area (Å²) in [6.07, 6.45) is 0.324. The summed E-state index contributed by atoms with van der Waals surface area (Å²) in [7, 11) is 0. The number of fused-ring (bicyclic) bond motifs is 1. The summed E-state index contributed by atoms with van der Waals surface area (Å²) in [5, 5.41) is 4.99. The molecule has 0 bridgehead atoms. The minimum atomic E-state index is -0.313. The maximum absolute atomic E-state index is 10.7. The predicted octanol–water partition coefficient (Wildman–Crippen LogP) is 1.02. The number of primary amides is 1. The minimum Gasteiger partial charge on any atom is -0.370 e. The Morgan fingerprint density at radius 2 is 2.06 bits per heavy atom. The molecule has 0 aliphatic rings. The third-order valence-electron chi connectivity index (χ3n) is 2.82. The molecule has 0 unspecified atom stereocenters. The maximum atomic E-state index is 10.7. The summed E-state index contributed by atoms with van der Waals surface area (Å²) < 4.78 is 1.73. The van der Waals surface area contributed by atoms with E-state index < -0.39 is 0 Å². The van der Waals surface area contributed by atoms with E-state index in [2.05, 4.69) is 15.1 Å². The Balaban J connectivity index is 2.27. The largest absolute Gasteiger partial charge is 0.370 e. The second-order valence-electron chi connectivity index (χ2n) is 4.08. The van der Waals surface area contributed by atoms with Gasteiger partial charge in [-0.1, -0.05) is 11.8 Å². The lowest BCUT2D eigenvalue weighted by Gasteiger charge is -2.04. The van der Waals surface area contributed by atoms with Crippen LogP contribution in [0.1, 0.15) is 23.4 Å². The van der Waals surface area contributed by atoms with E-state index in [0.717, 1.165) is 17.0 Å². The summed E-state index contributed by atoms with van der Waals surface area (Å²) in [6, 6.07) is 0. The van der Waals surface area contributed by atoms with Gasteiger partial charge >= 0.3 is 0 Å². The lowest BCUT2D eigenvalue weighted by atomic mass is 10.2. The van der Waals surface area contributed by atoms with Crippen molar-refractivity contribution < 1.29 is 4.79 Å². The van der Waals surface area contributed by atoms with Crippen LogP contribution in [-0.4, -0.2) is 31.2 Å². The highest BCUT2D eigenvalue weighted by Gasteiger charge is 2.11. The second-order valence-corrected chi connectivity index (χ2v) is 5.14. The van der Waals surface area contributed by atoms with E-state index in [1.165, 1.54) is 11.8 Å². The van der Waals surface area contributed by atoms with Crippen LogP contribution in [0.15, 0.2) is 5.16 Å². The molecule has 0 aliphatic heterocycles. The average molecular weight is 265 g/mol. The molecule has 18 heavy (non-hydrogen) atoms. The van der Waals surface area contributed by atoms with Gasteiger partial charge in [0.2, 0.25) is 11.1 Å². The summed E-state index contributed by atoms with van der Waals surface area (Å²) >= 11 is 1.41. The number of hydrogen-bond donors (Lipinski definition) is 1. The molecule has 0 fully saturated rings. The van der Waals surface area contributed by atoms with E-state index in [4.69, 9.17) is 5.73 Å². The number of aryl methyl sites for hydroxylation is 2. The van der Waals surface area contributed by atoms with Crippen molar-refractivity contribution >= 4 is 23.4 Å². The number of amides is 1. The Morgan fingerprint density at radius 3 is 2.72 bits per heavy atom. The SMILES string of the molecule is Cc1nc2nc(SCCC(N)=O)nn2c(C)c1C. The Hall–Kier alpha value is -1.63. The van der Waals surface area contributed by atoms with Crippen molar-refractivity contribution in [3.63, 3.8) is 0 Å². The zero-order valence-electron chi connectivity index (χ0n) is 10.6. The Bertz CT molecular complexity index is 607. The van der Waals surface area contributed by atoms with Crippen LogP contribution in [0.2, 0.25) is 0 Å². The summed E-state index contributed by atoms with van der Waals surface area (Å²) in [5.41, 5.74) is 8.19. The Kier molecular flexibility index (Phi) is 3.51.